The van der Waals surface area contributed by atoms with Gasteiger partial charge < -0.3 is 10.4 Å². The molecule has 0 amide bonds. The van der Waals surface area contributed by atoms with E-state index in [1.165, 1.54) is 15.4 Å². The van der Waals surface area contributed by atoms with E-state index < -0.39 is 0 Å². The first kappa shape index (κ1) is 17.1. The smallest absolute Gasteiger partial charge is 0.0928 e. The summed E-state index contributed by atoms with van der Waals surface area (Å²) in [5.74, 6) is 0. The number of aromatic nitrogens is 1. The number of thiazole rings is 1. The maximum Gasteiger partial charge on any atom is 0.0928 e. The van der Waals surface area contributed by atoms with Crippen LogP contribution in [0.15, 0.2) is 30.3 Å². The van der Waals surface area contributed by atoms with Gasteiger partial charge in [-0.15, -0.1) is 11.3 Å². The molecule has 0 radical (unpaired) electrons. The number of nitrogens with zero attached hydrogens (tertiary/aromatic N) is 1. The van der Waals surface area contributed by atoms with Crippen molar-refractivity contribution in [3.8, 4) is 0 Å². The summed E-state index contributed by atoms with van der Waals surface area (Å²) in [6, 6.07) is 11.0. The number of aliphatic hydroxyl groups is 1. The molecule has 0 saturated carbocycles. The number of hydrogen-bond donors (Lipinski definition) is 2. The van der Waals surface area contributed by atoms with Crippen LogP contribution in [-0.2, 0) is 6.42 Å². The summed E-state index contributed by atoms with van der Waals surface area (Å²) in [6.07, 6.45) is 2.73. The maximum atomic E-state index is 9.16. The summed E-state index contributed by atoms with van der Waals surface area (Å²) < 4.78 is 0. The van der Waals surface area contributed by atoms with Gasteiger partial charge in [0.15, 0.2) is 0 Å². The summed E-state index contributed by atoms with van der Waals surface area (Å²) in [6.45, 7) is 6.68. The van der Waals surface area contributed by atoms with E-state index in [2.05, 4.69) is 55.3 Å². The summed E-state index contributed by atoms with van der Waals surface area (Å²) in [7, 11) is 0. The minimum Gasteiger partial charge on any atom is -0.396 e. The van der Waals surface area contributed by atoms with Crippen molar-refractivity contribution in [3.05, 3.63) is 51.5 Å². The molecular formula is C18H26N2OS. The lowest BCUT2D eigenvalue weighted by Crippen LogP contribution is -2.25. The highest BCUT2D eigenvalue weighted by atomic mass is 32.1. The number of rotatable bonds is 8. The van der Waals surface area contributed by atoms with Crippen LogP contribution in [0.2, 0.25) is 0 Å². The molecule has 4 heteroatoms. The van der Waals surface area contributed by atoms with Crippen molar-refractivity contribution >= 4 is 11.3 Å². The van der Waals surface area contributed by atoms with Crippen molar-refractivity contribution in [3.63, 3.8) is 0 Å². The molecule has 22 heavy (non-hydrogen) atoms. The van der Waals surface area contributed by atoms with Gasteiger partial charge in [0.2, 0.25) is 0 Å². The monoisotopic (exact) mass is 318 g/mol. The van der Waals surface area contributed by atoms with Crippen LogP contribution in [0.1, 0.15) is 59.9 Å². The molecule has 3 nitrogen and oxygen atoms in total. The van der Waals surface area contributed by atoms with E-state index in [0.29, 0.717) is 0 Å². The lowest BCUT2D eigenvalue weighted by Gasteiger charge is -2.23. The number of benzene rings is 1. The minimum absolute atomic E-state index is 0.235. The van der Waals surface area contributed by atoms with E-state index in [1.54, 1.807) is 11.3 Å². The van der Waals surface area contributed by atoms with Crippen LogP contribution >= 0.6 is 11.3 Å². The molecule has 2 N–H and O–H groups in total. The molecule has 0 fully saturated rings. The Labute approximate surface area is 137 Å². The standard InChI is InChI=1S/C18H26N2OS/c1-4-17-20-14(3)18(22-17)13(2)19-16(11-8-12-21)15-9-6-5-7-10-15/h5-7,9-10,13,16,19,21H,4,8,11-12H2,1-3H3. The Kier molecular flexibility index (Phi) is 6.55. The first-order chi connectivity index (χ1) is 10.7. The third-order valence-corrected chi connectivity index (χ3v) is 5.36. The fourth-order valence-electron chi connectivity index (χ4n) is 2.72. The van der Waals surface area contributed by atoms with Gasteiger partial charge in [0.25, 0.3) is 0 Å². The minimum atomic E-state index is 0.235. The third kappa shape index (κ3) is 4.38. The number of aliphatic hydroxyl groups excluding tert-OH is 1. The van der Waals surface area contributed by atoms with Crippen molar-refractivity contribution in [2.24, 2.45) is 0 Å². The van der Waals surface area contributed by atoms with Gasteiger partial charge in [-0.2, -0.15) is 0 Å². The number of aryl methyl sites for hydroxylation is 2. The van der Waals surface area contributed by atoms with Crippen molar-refractivity contribution in [2.45, 2.75) is 52.1 Å². The zero-order valence-corrected chi connectivity index (χ0v) is 14.5. The van der Waals surface area contributed by atoms with E-state index in [1.807, 2.05) is 6.07 Å². The molecule has 1 aromatic carbocycles. The summed E-state index contributed by atoms with van der Waals surface area (Å²) in [4.78, 5) is 5.95. The van der Waals surface area contributed by atoms with Crippen LogP contribution in [0.5, 0.6) is 0 Å². The highest BCUT2D eigenvalue weighted by Gasteiger charge is 2.18. The molecule has 0 bridgehead atoms. The average molecular weight is 318 g/mol. The fraction of sp³-hybridized carbons (Fsp3) is 0.500. The summed E-state index contributed by atoms with van der Waals surface area (Å²) in [5.41, 5.74) is 2.41. The second-order valence-corrected chi connectivity index (χ2v) is 6.74. The molecule has 1 heterocycles. The Morgan fingerprint density at radius 2 is 2.00 bits per heavy atom. The number of nitrogens with one attached hydrogen (secondary N) is 1. The van der Waals surface area contributed by atoms with Gasteiger partial charge in [-0.25, -0.2) is 4.98 Å². The van der Waals surface area contributed by atoms with Gasteiger partial charge in [-0.3, -0.25) is 0 Å². The molecular weight excluding hydrogens is 292 g/mol. The molecule has 0 saturated heterocycles. The largest absolute Gasteiger partial charge is 0.396 e. The van der Waals surface area contributed by atoms with Crippen molar-refractivity contribution < 1.29 is 5.11 Å². The Hall–Kier alpha value is -1.23. The predicted octanol–water partition coefficient (Wildman–Crippen LogP) is 4.18. The number of hydrogen-bond acceptors (Lipinski definition) is 4. The topological polar surface area (TPSA) is 45.2 Å². The van der Waals surface area contributed by atoms with E-state index in [9.17, 15) is 0 Å². The van der Waals surface area contributed by atoms with E-state index in [4.69, 9.17) is 5.11 Å². The fourth-order valence-corrected chi connectivity index (χ4v) is 3.74. The van der Waals surface area contributed by atoms with Gasteiger partial charge in [-0.05, 0) is 38.7 Å². The molecule has 2 aromatic rings. The van der Waals surface area contributed by atoms with E-state index >= 15 is 0 Å². The Morgan fingerprint density at radius 1 is 1.27 bits per heavy atom. The molecule has 1 aromatic heterocycles. The quantitative estimate of drug-likeness (QED) is 0.767. The molecule has 0 aliphatic carbocycles. The first-order valence-electron chi connectivity index (χ1n) is 8.03. The van der Waals surface area contributed by atoms with Crippen LogP contribution < -0.4 is 5.32 Å². The van der Waals surface area contributed by atoms with Gasteiger partial charge in [0.05, 0.1) is 10.7 Å². The van der Waals surface area contributed by atoms with Crippen molar-refractivity contribution in [2.75, 3.05) is 6.61 Å². The molecule has 0 spiro atoms. The Bertz CT molecular complexity index is 568. The maximum absolute atomic E-state index is 9.16. The van der Waals surface area contributed by atoms with E-state index in [0.717, 1.165) is 25.0 Å². The third-order valence-electron chi connectivity index (χ3n) is 3.88. The molecule has 2 atom stereocenters. The highest BCUT2D eigenvalue weighted by molar-refractivity contribution is 7.11. The zero-order valence-electron chi connectivity index (χ0n) is 13.7. The molecule has 2 unspecified atom stereocenters. The van der Waals surface area contributed by atoms with E-state index in [-0.39, 0.29) is 18.7 Å². The van der Waals surface area contributed by atoms with Crippen molar-refractivity contribution in [1.82, 2.24) is 10.3 Å². The Morgan fingerprint density at radius 3 is 2.59 bits per heavy atom. The van der Waals surface area contributed by atoms with Crippen LogP contribution in [0, 0.1) is 6.92 Å². The second kappa shape index (κ2) is 8.42. The summed E-state index contributed by atoms with van der Waals surface area (Å²) in [5, 5.41) is 14.1. The zero-order chi connectivity index (χ0) is 15.9. The van der Waals surface area contributed by atoms with Crippen LogP contribution in [0.25, 0.3) is 0 Å². The van der Waals surface area contributed by atoms with Crippen LogP contribution in [-0.4, -0.2) is 16.7 Å². The first-order valence-corrected chi connectivity index (χ1v) is 8.85. The molecule has 120 valence electrons. The average Bonchev–Trinajstić information content (AvgIpc) is 2.93. The molecule has 0 aliphatic heterocycles. The predicted molar refractivity (Wildman–Crippen MR) is 93.3 cm³/mol. The summed E-state index contributed by atoms with van der Waals surface area (Å²) >= 11 is 1.81. The lowest BCUT2D eigenvalue weighted by molar-refractivity contribution is 0.272. The molecule has 0 aliphatic rings. The lowest BCUT2D eigenvalue weighted by atomic mass is 10.0. The highest BCUT2D eigenvalue weighted by Crippen LogP contribution is 2.29. The van der Waals surface area contributed by atoms with Gasteiger partial charge in [-0.1, -0.05) is 37.3 Å². The van der Waals surface area contributed by atoms with Crippen LogP contribution in [0.4, 0.5) is 0 Å². The van der Waals surface area contributed by atoms with Crippen molar-refractivity contribution in [1.29, 1.82) is 0 Å². The van der Waals surface area contributed by atoms with Gasteiger partial charge in [0, 0.05) is 23.6 Å². The van der Waals surface area contributed by atoms with Crippen LogP contribution in [0.3, 0.4) is 0 Å². The molecule has 2 rings (SSSR count). The SMILES string of the molecule is CCc1nc(C)c(C(C)NC(CCCO)c2ccccc2)s1. The normalized spacial score (nSPS) is 14.0. The second-order valence-electron chi connectivity index (χ2n) is 5.63. The van der Waals surface area contributed by atoms with Gasteiger partial charge >= 0.3 is 0 Å². The Balaban J connectivity index is 2.13. The van der Waals surface area contributed by atoms with Gasteiger partial charge in [0.1, 0.15) is 0 Å².